The van der Waals surface area contributed by atoms with Gasteiger partial charge >= 0.3 is 5.97 Å². The SMILES string of the molecule is COc1ccc(COC[C@H]2O[C@@H](O[C@H]3CC[C@@]4(C)C(=CC[C@H]5[C@@H]6C[C@@H]7O[C@@H]8OC[C@@]6(CC[C@@H]54)[C@H]7[C@H](C)[C@H]8C=C(C)C)C3)[C@H](O[C@@H]3O[C@@H](C)[C@H](OC(=O)c4ccc(C)cc4)[C@@H](O)[C@H]3O)[C@@H](OCc3ccc(OC)cc3)[C@@H]2OCc2ccc(OC)cc2)cc1. The number of allylic oxidation sites excluding steroid dienone is 2. The predicted molar refractivity (Wildman–Crippen MR) is 323 cm³/mol. The van der Waals surface area contributed by atoms with Crippen LogP contribution in [-0.4, -0.2) is 131 Å². The van der Waals surface area contributed by atoms with Gasteiger partial charge in [0.1, 0.15) is 53.9 Å². The second kappa shape index (κ2) is 26.3. The van der Waals surface area contributed by atoms with Crippen LogP contribution in [0.2, 0.25) is 0 Å². The second-order valence-corrected chi connectivity index (χ2v) is 26.5. The van der Waals surface area contributed by atoms with E-state index in [1.165, 1.54) is 11.1 Å². The molecule has 2 N–H and O–H groups in total. The van der Waals surface area contributed by atoms with Crippen molar-refractivity contribution in [2.45, 2.75) is 186 Å². The van der Waals surface area contributed by atoms with Crippen LogP contribution in [-0.2, 0) is 67.2 Å². The van der Waals surface area contributed by atoms with E-state index >= 15 is 0 Å². The minimum Gasteiger partial charge on any atom is -0.497 e. The zero-order valence-corrected chi connectivity index (χ0v) is 52.0. The number of carbonyl (C=O) groups is 1. The van der Waals surface area contributed by atoms with Gasteiger partial charge in [0.15, 0.2) is 25.0 Å². The van der Waals surface area contributed by atoms with E-state index < -0.39 is 67.4 Å². The molecular weight excluding hydrogens is 1110 g/mol. The van der Waals surface area contributed by atoms with Crippen molar-refractivity contribution in [3.63, 3.8) is 0 Å². The quantitative estimate of drug-likeness (QED) is 0.0630. The van der Waals surface area contributed by atoms with Gasteiger partial charge in [0, 0.05) is 11.3 Å². The lowest BCUT2D eigenvalue weighted by Crippen LogP contribution is -2.65. The van der Waals surface area contributed by atoms with E-state index in [1.807, 2.05) is 91.9 Å². The van der Waals surface area contributed by atoms with Gasteiger partial charge in [0.25, 0.3) is 0 Å². The Labute approximate surface area is 513 Å². The molecule has 470 valence electrons. The minimum atomic E-state index is -1.69. The summed E-state index contributed by atoms with van der Waals surface area (Å²) in [6.45, 7) is 14.3. The first-order valence-corrected chi connectivity index (χ1v) is 31.6. The molecule has 21 atom stereocenters. The molecule has 16 nitrogen and oxygen atoms in total. The smallest absolute Gasteiger partial charge is 0.338 e. The summed E-state index contributed by atoms with van der Waals surface area (Å²) in [4.78, 5) is 13.5. The summed E-state index contributed by atoms with van der Waals surface area (Å²) in [5, 5.41) is 24.1. The summed E-state index contributed by atoms with van der Waals surface area (Å²) in [6.07, 6.45) is -0.252. The van der Waals surface area contributed by atoms with E-state index in [-0.39, 0.29) is 61.7 Å². The molecule has 1 spiro atoms. The van der Waals surface area contributed by atoms with Gasteiger partial charge in [-0.2, -0.15) is 0 Å². The van der Waals surface area contributed by atoms with Crippen molar-refractivity contribution in [1.29, 1.82) is 0 Å². The van der Waals surface area contributed by atoms with E-state index in [0.29, 0.717) is 53.1 Å². The van der Waals surface area contributed by atoms with Crippen LogP contribution in [0, 0.1) is 53.3 Å². The molecule has 0 aromatic heterocycles. The second-order valence-electron chi connectivity index (χ2n) is 26.5. The third-order valence-electron chi connectivity index (χ3n) is 21.1. The number of esters is 1. The van der Waals surface area contributed by atoms with Gasteiger partial charge in [-0.1, -0.05) is 91.2 Å². The Morgan fingerprint density at radius 3 is 1.95 bits per heavy atom. The highest BCUT2D eigenvalue weighted by Crippen LogP contribution is 2.70. The topological polar surface area (TPSA) is 178 Å². The number of carbonyl (C=O) groups excluding carboxylic acids is 1. The highest BCUT2D eigenvalue weighted by Gasteiger charge is 2.68. The largest absolute Gasteiger partial charge is 0.497 e. The first-order chi connectivity index (χ1) is 42.1. The Kier molecular flexibility index (Phi) is 18.8. The van der Waals surface area contributed by atoms with E-state index in [2.05, 4.69) is 39.8 Å². The van der Waals surface area contributed by atoms with E-state index in [4.69, 9.17) is 61.6 Å². The van der Waals surface area contributed by atoms with Gasteiger partial charge in [-0.3, -0.25) is 0 Å². The van der Waals surface area contributed by atoms with Crippen molar-refractivity contribution in [2.75, 3.05) is 34.5 Å². The van der Waals surface area contributed by atoms with Gasteiger partial charge in [-0.15, -0.1) is 0 Å². The van der Waals surface area contributed by atoms with Gasteiger partial charge in [0.2, 0.25) is 0 Å². The van der Waals surface area contributed by atoms with Crippen molar-refractivity contribution in [1.82, 2.24) is 0 Å². The average Bonchev–Trinajstić information content (AvgIpc) is 1.58. The zero-order chi connectivity index (χ0) is 60.7. The third-order valence-corrected chi connectivity index (χ3v) is 21.1. The molecule has 13 rings (SSSR count). The summed E-state index contributed by atoms with van der Waals surface area (Å²) in [7, 11) is 4.89. The number of benzene rings is 4. The Morgan fingerprint density at radius 1 is 0.690 bits per heavy atom. The molecule has 4 aromatic rings. The monoisotopic (exact) mass is 1200 g/mol. The van der Waals surface area contributed by atoms with Crippen LogP contribution in [0.15, 0.2) is 120 Å². The lowest BCUT2D eigenvalue weighted by molar-refractivity contribution is -0.377. The van der Waals surface area contributed by atoms with E-state index in [0.717, 1.165) is 73.1 Å². The lowest BCUT2D eigenvalue weighted by Gasteiger charge is -2.59. The maximum Gasteiger partial charge on any atom is 0.338 e. The number of aryl methyl sites for hydroxylation is 1. The molecular formula is C71H90O16. The Balaban J connectivity index is 0.853. The molecule has 9 aliphatic rings. The maximum atomic E-state index is 13.5. The van der Waals surface area contributed by atoms with Gasteiger partial charge in [0.05, 0.1) is 78.2 Å². The number of aliphatic hydroxyl groups is 2. The van der Waals surface area contributed by atoms with Crippen LogP contribution >= 0.6 is 0 Å². The summed E-state index contributed by atoms with van der Waals surface area (Å²) < 4.78 is 85.0. The molecule has 16 heteroatoms. The number of hydrogen-bond acceptors (Lipinski definition) is 16. The zero-order valence-electron chi connectivity index (χ0n) is 52.0. The van der Waals surface area contributed by atoms with Crippen molar-refractivity contribution in [3.8, 4) is 17.2 Å². The molecule has 5 saturated heterocycles. The van der Waals surface area contributed by atoms with Crippen molar-refractivity contribution >= 4 is 5.97 Å². The van der Waals surface area contributed by atoms with Crippen molar-refractivity contribution in [2.24, 2.45) is 46.3 Å². The molecule has 4 aromatic carbocycles. The van der Waals surface area contributed by atoms with Gasteiger partial charge in [-0.25, -0.2) is 4.79 Å². The van der Waals surface area contributed by atoms with Gasteiger partial charge in [-0.05, 0) is 173 Å². The molecule has 4 bridgehead atoms. The Bertz CT molecular complexity index is 3020. The molecule has 87 heavy (non-hydrogen) atoms. The molecule has 0 unspecified atom stereocenters. The number of ether oxygens (including phenoxy) is 13. The first kappa shape index (κ1) is 62.0. The van der Waals surface area contributed by atoms with Crippen molar-refractivity contribution in [3.05, 3.63) is 148 Å². The standard InChI is InChI=1S/C71H90O16/c1-40(2)32-54-42(4)59-57-34-56-53-27-20-48-33-52(28-30-70(48,6)55(53)29-31-71(56,59)39-81-67(54)84-57)83-69-65(87-68-61(73)60(72)62(43(5)82-68)86-66(74)47-18-10-41(3)11-19-47)64(80-37-46-16-25-51(77-9)26-17-46)63(79-36-45-14-23-50(76-8)24-15-45)58(85-69)38-78-35-44-12-21-49(75-7)22-13-44/h10-26,32,42-43,52-65,67-69,72-73H,27-31,33-39H2,1-9H3/t42-,43+,52+,53-,54-,55+,56+,57+,58-,59+,60+,61-,62+,63-,64+,65-,67+,68+,69-,70+,71-/m1/s1. The Morgan fingerprint density at radius 2 is 1.32 bits per heavy atom. The van der Waals surface area contributed by atoms with Gasteiger partial charge < -0.3 is 71.8 Å². The lowest BCUT2D eigenvalue weighted by atomic mass is 9.46. The third kappa shape index (κ3) is 12.6. The van der Waals surface area contributed by atoms with Crippen LogP contribution in [0.5, 0.6) is 17.2 Å². The fourth-order valence-corrected chi connectivity index (χ4v) is 16.6. The van der Waals surface area contributed by atoms with E-state index in [9.17, 15) is 15.0 Å². The fourth-order valence-electron chi connectivity index (χ4n) is 16.6. The normalized spacial score (nSPS) is 37.6. The summed E-state index contributed by atoms with van der Waals surface area (Å²) >= 11 is 0. The highest BCUT2D eigenvalue weighted by molar-refractivity contribution is 5.89. The number of aliphatic hydroxyl groups excluding tert-OH is 2. The number of fused-ring (bicyclic) bond motifs is 6. The summed E-state index contributed by atoms with van der Waals surface area (Å²) in [5.74, 6) is 4.32. The van der Waals surface area contributed by atoms with Crippen molar-refractivity contribution < 1.29 is 76.6 Å². The summed E-state index contributed by atoms with van der Waals surface area (Å²) in [6, 6.07) is 30.0. The molecule has 5 aliphatic heterocycles. The molecule has 0 amide bonds. The molecule has 0 radical (unpaired) electrons. The van der Waals surface area contributed by atoms with Crippen LogP contribution in [0.3, 0.4) is 0 Å². The predicted octanol–water partition coefficient (Wildman–Crippen LogP) is 11.0. The highest BCUT2D eigenvalue weighted by atomic mass is 16.8. The number of rotatable bonds is 20. The van der Waals surface area contributed by atoms with Crippen LogP contribution in [0.25, 0.3) is 0 Å². The molecule has 5 heterocycles. The molecule has 8 fully saturated rings. The fraction of sp³-hybridized carbons (Fsp3) is 0.592. The average molecular weight is 1200 g/mol. The van der Waals surface area contributed by atoms with E-state index in [1.54, 1.807) is 40.4 Å². The minimum absolute atomic E-state index is 0.0232. The molecule has 3 saturated carbocycles. The Hall–Kier alpha value is -5.21. The maximum absolute atomic E-state index is 13.5. The van der Waals surface area contributed by atoms with Crippen LogP contribution in [0.4, 0.5) is 0 Å². The summed E-state index contributed by atoms with van der Waals surface area (Å²) in [5.41, 5.74) is 6.78. The number of methoxy groups -OCH3 is 3. The van der Waals surface area contributed by atoms with Crippen LogP contribution < -0.4 is 14.2 Å². The van der Waals surface area contributed by atoms with Crippen LogP contribution in [0.1, 0.15) is 112 Å². The first-order valence-electron chi connectivity index (χ1n) is 31.6. The number of hydrogen-bond donors (Lipinski definition) is 2. The molecule has 4 aliphatic carbocycles.